The maximum absolute atomic E-state index is 12.0. The van der Waals surface area contributed by atoms with Crippen LogP contribution in [0.1, 0.15) is 12.0 Å². The summed E-state index contributed by atoms with van der Waals surface area (Å²) >= 11 is 0. The number of rotatable bonds is 7. The predicted molar refractivity (Wildman–Crippen MR) is 83.6 cm³/mol. The van der Waals surface area contributed by atoms with Gasteiger partial charge in [0.05, 0.1) is 0 Å². The Bertz CT molecular complexity index is 517. The van der Waals surface area contributed by atoms with Crippen molar-refractivity contribution < 1.29 is 19.4 Å². The largest absolute Gasteiger partial charge is 0.490 e. The van der Waals surface area contributed by atoms with Crippen LogP contribution in [0.15, 0.2) is 24.3 Å². The van der Waals surface area contributed by atoms with Gasteiger partial charge < -0.3 is 19.6 Å². The van der Waals surface area contributed by atoms with Crippen LogP contribution in [0.2, 0.25) is 0 Å². The molecule has 1 N–H and O–H groups in total. The van der Waals surface area contributed by atoms with E-state index in [0.717, 1.165) is 5.56 Å². The monoisotopic (exact) mass is 308 g/mol. The lowest BCUT2D eigenvalue weighted by Gasteiger charge is -2.21. The summed E-state index contributed by atoms with van der Waals surface area (Å²) in [6, 6.07) is 7.39. The molecule has 122 valence electrons. The molecule has 0 saturated carbocycles. The van der Waals surface area contributed by atoms with E-state index in [1.54, 1.807) is 27.2 Å². The summed E-state index contributed by atoms with van der Waals surface area (Å²) in [5.41, 5.74) is 0.937. The molecule has 0 radical (unpaired) electrons. The summed E-state index contributed by atoms with van der Waals surface area (Å²) in [5, 5.41) is 9.90. The molecule has 1 aromatic rings. The van der Waals surface area contributed by atoms with Gasteiger partial charge in [-0.3, -0.25) is 9.59 Å². The van der Waals surface area contributed by atoms with E-state index in [-0.39, 0.29) is 25.5 Å². The van der Waals surface area contributed by atoms with Crippen molar-refractivity contribution in [2.24, 2.45) is 0 Å². The summed E-state index contributed by atoms with van der Waals surface area (Å²) in [6.07, 6.45) is -1.03. The van der Waals surface area contributed by atoms with E-state index < -0.39 is 12.0 Å². The van der Waals surface area contributed by atoms with Crippen LogP contribution in [-0.2, 0) is 9.59 Å². The topological polar surface area (TPSA) is 70.1 Å². The Labute approximate surface area is 131 Å². The first-order valence-corrected chi connectivity index (χ1v) is 7.14. The van der Waals surface area contributed by atoms with Gasteiger partial charge in [-0.15, -0.1) is 0 Å². The number of benzene rings is 1. The minimum Gasteiger partial charge on any atom is -0.490 e. The summed E-state index contributed by atoms with van der Waals surface area (Å²) in [7, 11) is 4.88. The molecule has 0 bridgehead atoms. The van der Waals surface area contributed by atoms with E-state index in [2.05, 4.69) is 0 Å². The van der Waals surface area contributed by atoms with E-state index >= 15 is 0 Å². The van der Waals surface area contributed by atoms with Crippen LogP contribution in [0.4, 0.5) is 0 Å². The van der Waals surface area contributed by atoms with Gasteiger partial charge in [0.25, 0.3) is 5.91 Å². The highest BCUT2D eigenvalue weighted by Gasteiger charge is 2.21. The molecule has 0 saturated heterocycles. The van der Waals surface area contributed by atoms with Crippen molar-refractivity contribution in [2.75, 3.05) is 34.3 Å². The van der Waals surface area contributed by atoms with Crippen molar-refractivity contribution in [3.8, 4) is 5.75 Å². The van der Waals surface area contributed by atoms with Crippen LogP contribution in [-0.4, -0.2) is 67.1 Å². The molecule has 0 aliphatic carbocycles. The van der Waals surface area contributed by atoms with Gasteiger partial charge in [0, 0.05) is 34.1 Å². The fraction of sp³-hybridized carbons (Fsp3) is 0.500. The maximum Gasteiger partial charge on any atom is 0.254 e. The fourth-order valence-corrected chi connectivity index (χ4v) is 1.81. The number of amides is 2. The quantitative estimate of drug-likeness (QED) is 0.804. The molecule has 1 aromatic carbocycles. The second-order valence-corrected chi connectivity index (χ2v) is 5.39. The van der Waals surface area contributed by atoms with Crippen molar-refractivity contribution in [2.45, 2.75) is 19.4 Å². The average molecular weight is 308 g/mol. The van der Waals surface area contributed by atoms with Gasteiger partial charge in [0.2, 0.25) is 5.91 Å². The Kier molecular flexibility index (Phi) is 6.85. The standard InChI is InChI=1S/C16H24N2O4/c1-12-7-5-6-8-14(12)22-11-13(19)16(21)18(4)10-9-15(20)17(2)3/h5-8,13,19H,9-11H2,1-4H3. The molecule has 0 aliphatic heterocycles. The third kappa shape index (κ3) is 5.37. The predicted octanol–water partition coefficient (Wildman–Crippen LogP) is 0.671. The molecular weight excluding hydrogens is 284 g/mol. The zero-order valence-electron chi connectivity index (χ0n) is 13.6. The van der Waals surface area contributed by atoms with Crippen LogP contribution in [0.5, 0.6) is 5.75 Å². The molecule has 6 heteroatoms. The molecule has 0 spiro atoms. The normalized spacial score (nSPS) is 11.7. The summed E-state index contributed by atoms with van der Waals surface area (Å²) in [6.45, 7) is 2.04. The number of ether oxygens (including phenoxy) is 1. The van der Waals surface area contributed by atoms with Gasteiger partial charge in [-0.2, -0.15) is 0 Å². The van der Waals surface area contributed by atoms with Crippen LogP contribution in [0, 0.1) is 6.92 Å². The maximum atomic E-state index is 12.0. The highest BCUT2D eigenvalue weighted by Crippen LogP contribution is 2.16. The molecule has 6 nitrogen and oxygen atoms in total. The average Bonchev–Trinajstić information content (AvgIpc) is 2.50. The first-order valence-electron chi connectivity index (χ1n) is 7.14. The second kappa shape index (κ2) is 8.38. The molecule has 0 fully saturated rings. The van der Waals surface area contributed by atoms with E-state index in [0.29, 0.717) is 5.75 Å². The van der Waals surface area contributed by atoms with Crippen molar-refractivity contribution in [3.05, 3.63) is 29.8 Å². The van der Waals surface area contributed by atoms with Crippen LogP contribution in [0.25, 0.3) is 0 Å². The van der Waals surface area contributed by atoms with Gasteiger partial charge in [0.1, 0.15) is 12.4 Å². The fourth-order valence-electron chi connectivity index (χ4n) is 1.81. The smallest absolute Gasteiger partial charge is 0.254 e. The van der Waals surface area contributed by atoms with Crippen LogP contribution in [0.3, 0.4) is 0 Å². The third-order valence-electron chi connectivity index (χ3n) is 3.31. The number of carbonyl (C=O) groups excluding carboxylic acids is 2. The summed E-state index contributed by atoms with van der Waals surface area (Å²) in [4.78, 5) is 26.3. The van der Waals surface area contributed by atoms with E-state index in [1.165, 1.54) is 9.80 Å². The number of para-hydroxylation sites is 1. The molecule has 0 aliphatic rings. The first kappa shape index (κ1) is 18.0. The Hall–Kier alpha value is -2.08. The minimum absolute atomic E-state index is 0.0645. The molecule has 1 atom stereocenters. The van der Waals surface area contributed by atoms with Crippen molar-refractivity contribution in [3.63, 3.8) is 0 Å². The first-order chi connectivity index (χ1) is 10.3. The Morgan fingerprint density at radius 3 is 2.45 bits per heavy atom. The molecule has 1 rings (SSSR count). The highest BCUT2D eigenvalue weighted by atomic mass is 16.5. The van der Waals surface area contributed by atoms with E-state index in [9.17, 15) is 14.7 Å². The number of carbonyl (C=O) groups is 2. The molecular formula is C16H24N2O4. The van der Waals surface area contributed by atoms with Crippen molar-refractivity contribution in [1.82, 2.24) is 9.80 Å². The van der Waals surface area contributed by atoms with Crippen LogP contribution < -0.4 is 4.74 Å². The van der Waals surface area contributed by atoms with Crippen LogP contribution >= 0.6 is 0 Å². The van der Waals surface area contributed by atoms with Gasteiger partial charge in [0.15, 0.2) is 6.10 Å². The Morgan fingerprint density at radius 2 is 1.86 bits per heavy atom. The molecule has 1 unspecified atom stereocenters. The van der Waals surface area contributed by atoms with Gasteiger partial charge >= 0.3 is 0 Å². The molecule has 0 heterocycles. The minimum atomic E-state index is -1.25. The SMILES string of the molecule is Cc1ccccc1OCC(O)C(=O)N(C)CCC(=O)N(C)C. The lowest BCUT2D eigenvalue weighted by molar-refractivity contribution is -0.141. The number of likely N-dealkylation sites (N-methyl/N-ethyl adjacent to an activating group) is 1. The molecule has 0 aromatic heterocycles. The van der Waals surface area contributed by atoms with Crippen molar-refractivity contribution in [1.29, 1.82) is 0 Å². The zero-order chi connectivity index (χ0) is 16.7. The Morgan fingerprint density at radius 1 is 1.23 bits per heavy atom. The number of hydrogen-bond acceptors (Lipinski definition) is 4. The molecule has 22 heavy (non-hydrogen) atoms. The van der Waals surface area contributed by atoms with E-state index in [4.69, 9.17) is 4.74 Å². The number of hydrogen-bond donors (Lipinski definition) is 1. The lowest BCUT2D eigenvalue weighted by Crippen LogP contribution is -2.41. The lowest BCUT2D eigenvalue weighted by atomic mass is 10.2. The number of aliphatic hydroxyl groups is 1. The number of nitrogens with zero attached hydrogens (tertiary/aromatic N) is 2. The zero-order valence-corrected chi connectivity index (χ0v) is 13.6. The van der Waals surface area contributed by atoms with Gasteiger partial charge in [-0.1, -0.05) is 18.2 Å². The number of aryl methyl sites for hydroxylation is 1. The van der Waals surface area contributed by atoms with Gasteiger partial charge in [-0.25, -0.2) is 0 Å². The summed E-state index contributed by atoms with van der Waals surface area (Å²) in [5.74, 6) is 0.116. The van der Waals surface area contributed by atoms with Crippen molar-refractivity contribution >= 4 is 11.8 Å². The van der Waals surface area contributed by atoms with E-state index in [1.807, 2.05) is 25.1 Å². The number of aliphatic hydroxyl groups excluding tert-OH is 1. The third-order valence-corrected chi connectivity index (χ3v) is 3.31. The Balaban J connectivity index is 2.44. The highest BCUT2D eigenvalue weighted by molar-refractivity contribution is 5.81. The summed E-state index contributed by atoms with van der Waals surface area (Å²) < 4.78 is 5.46. The molecule has 2 amide bonds. The van der Waals surface area contributed by atoms with Gasteiger partial charge in [-0.05, 0) is 18.6 Å². The second-order valence-electron chi connectivity index (χ2n) is 5.39.